The molecule has 0 unspecified atom stereocenters. The maximum atomic E-state index is 7.14. The molecule has 0 N–H and O–H groups in total. The van der Waals surface area contributed by atoms with Gasteiger partial charge in [0.25, 0.3) is 0 Å². The van der Waals surface area contributed by atoms with E-state index in [2.05, 4.69) is 104 Å². The van der Waals surface area contributed by atoms with Crippen LogP contribution in [0.5, 0.6) is 23.0 Å². The van der Waals surface area contributed by atoms with Gasteiger partial charge < -0.3 is 18.2 Å². The lowest BCUT2D eigenvalue weighted by Crippen LogP contribution is -2.49. The standard InChI is InChI=1S/C44H67BO4Si2/c1-41(2,3)50(7,8)48-39-13-11-35(21-37(39)43-23-29-15-30(24-43)17-31(16-29)25-43)46-45-47-36-12-14-40(49-51(9,10)42(4,5)6)38(22-36)44-26-32-18-33(27-44)20-34(19-32)28-44/h11-14,21-22,29-34,45H,15-20,23-28H2,1-10H3. The molecule has 10 rings (SSSR count). The summed E-state index contributed by atoms with van der Waals surface area (Å²) in [6.45, 7) is 23.6. The molecule has 4 nitrogen and oxygen atoms in total. The molecule has 0 spiro atoms. The lowest BCUT2D eigenvalue weighted by atomic mass is 9.48. The maximum Gasteiger partial charge on any atom is 0.576 e. The second-order valence-electron chi connectivity index (χ2n) is 21.8. The molecule has 0 aliphatic heterocycles. The van der Waals surface area contributed by atoms with Gasteiger partial charge in [-0.2, -0.15) is 0 Å². The van der Waals surface area contributed by atoms with E-state index in [1.54, 1.807) is 0 Å². The van der Waals surface area contributed by atoms with E-state index in [1.807, 2.05) is 0 Å². The van der Waals surface area contributed by atoms with Gasteiger partial charge in [0, 0.05) is 11.1 Å². The average Bonchev–Trinajstić information content (AvgIpc) is 2.99. The highest BCUT2D eigenvalue weighted by Crippen LogP contribution is 2.64. The van der Waals surface area contributed by atoms with Gasteiger partial charge in [-0.1, -0.05) is 41.5 Å². The van der Waals surface area contributed by atoms with E-state index in [-0.39, 0.29) is 28.6 Å². The van der Waals surface area contributed by atoms with Crippen LogP contribution in [0.1, 0.15) is 130 Å². The molecular weight excluding hydrogens is 659 g/mol. The van der Waals surface area contributed by atoms with Crippen molar-refractivity contribution in [2.45, 2.75) is 166 Å². The Balaban J connectivity index is 1.06. The first-order valence-corrected chi connectivity index (χ1v) is 26.6. The van der Waals surface area contributed by atoms with Crippen molar-refractivity contribution in [2.24, 2.45) is 35.5 Å². The smallest absolute Gasteiger partial charge is 0.543 e. The minimum atomic E-state index is -2.01. The molecule has 8 saturated carbocycles. The fourth-order valence-electron chi connectivity index (χ4n) is 12.1. The maximum absolute atomic E-state index is 7.14. The van der Waals surface area contributed by atoms with E-state index < -0.39 is 16.6 Å². The number of hydrogen-bond acceptors (Lipinski definition) is 4. The molecule has 278 valence electrons. The Kier molecular flexibility index (Phi) is 8.74. The van der Waals surface area contributed by atoms with E-state index >= 15 is 0 Å². The van der Waals surface area contributed by atoms with Gasteiger partial charge in [0.1, 0.15) is 23.0 Å². The van der Waals surface area contributed by atoms with Gasteiger partial charge in [0.2, 0.25) is 16.6 Å². The highest BCUT2D eigenvalue weighted by atomic mass is 28.4. The SMILES string of the molecule is CC(C)(C)[Si](C)(C)Oc1ccc(OBOc2ccc(O[Si](C)(C)C(C)(C)C)c(C34CC5CC(CC(C5)C3)C4)c2)cc1C12CC3CC(CC(C3)C1)C2. The zero-order valence-corrected chi connectivity index (χ0v) is 35.8. The third kappa shape index (κ3) is 6.65. The summed E-state index contributed by atoms with van der Waals surface area (Å²) >= 11 is 0. The van der Waals surface area contributed by atoms with Crippen molar-refractivity contribution in [3.8, 4) is 23.0 Å². The minimum absolute atomic E-state index is 0.148. The zero-order chi connectivity index (χ0) is 36.2. The van der Waals surface area contributed by atoms with Crippen LogP contribution in [0.15, 0.2) is 36.4 Å². The normalized spacial score (nSPS) is 34.1. The second-order valence-corrected chi connectivity index (χ2v) is 31.3. The van der Waals surface area contributed by atoms with Gasteiger partial charge in [-0.05, 0) is 196 Å². The molecule has 2 aromatic rings. The molecular formula is C44H67BO4Si2. The van der Waals surface area contributed by atoms with Crippen LogP contribution < -0.4 is 18.2 Å². The van der Waals surface area contributed by atoms with Crippen LogP contribution in [0, 0.1) is 35.5 Å². The molecule has 8 aliphatic rings. The van der Waals surface area contributed by atoms with Crippen LogP contribution in [0.3, 0.4) is 0 Å². The Morgan fingerprint density at radius 1 is 0.510 bits per heavy atom. The molecule has 8 fully saturated rings. The first-order valence-electron chi connectivity index (χ1n) is 20.7. The molecule has 8 bridgehead atoms. The van der Waals surface area contributed by atoms with E-state index in [0.29, 0.717) is 0 Å². The highest BCUT2D eigenvalue weighted by Gasteiger charge is 2.55. The largest absolute Gasteiger partial charge is 0.576 e. The second kappa shape index (κ2) is 12.3. The van der Waals surface area contributed by atoms with Crippen molar-refractivity contribution in [1.82, 2.24) is 0 Å². The van der Waals surface area contributed by atoms with Crippen molar-refractivity contribution in [3.05, 3.63) is 47.5 Å². The average molecular weight is 727 g/mol. The van der Waals surface area contributed by atoms with Crippen LogP contribution in [-0.2, 0) is 10.8 Å². The van der Waals surface area contributed by atoms with Crippen LogP contribution in [0.4, 0.5) is 0 Å². The summed E-state index contributed by atoms with van der Waals surface area (Å²) in [7, 11) is -3.83. The van der Waals surface area contributed by atoms with E-state index in [0.717, 1.165) is 58.5 Å². The van der Waals surface area contributed by atoms with E-state index in [1.165, 1.54) is 88.2 Å². The van der Waals surface area contributed by atoms with Gasteiger partial charge in [0.15, 0.2) is 0 Å². The molecule has 2 aromatic carbocycles. The third-order valence-electron chi connectivity index (χ3n) is 15.9. The van der Waals surface area contributed by atoms with Crippen molar-refractivity contribution < 1.29 is 18.2 Å². The monoisotopic (exact) mass is 726 g/mol. The fourth-order valence-corrected chi connectivity index (χ4v) is 14.2. The molecule has 0 amide bonds. The third-order valence-corrected chi connectivity index (χ3v) is 24.6. The summed E-state index contributed by atoms with van der Waals surface area (Å²) in [6, 6.07) is 13.5. The molecule has 0 atom stereocenters. The molecule has 51 heavy (non-hydrogen) atoms. The van der Waals surface area contributed by atoms with Gasteiger partial charge >= 0.3 is 7.69 Å². The Labute approximate surface area is 313 Å². The summed E-state index contributed by atoms with van der Waals surface area (Å²) in [5.74, 6) is 9.28. The lowest BCUT2D eigenvalue weighted by molar-refractivity contribution is -0.00604. The van der Waals surface area contributed by atoms with Gasteiger partial charge in [-0.3, -0.25) is 0 Å². The van der Waals surface area contributed by atoms with Crippen molar-refractivity contribution in [2.75, 3.05) is 0 Å². The Hall–Kier alpha value is -1.86. The minimum Gasteiger partial charge on any atom is -0.543 e. The fraction of sp³-hybridized carbons (Fsp3) is 0.727. The van der Waals surface area contributed by atoms with Crippen LogP contribution in [0.25, 0.3) is 0 Å². The van der Waals surface area contributed by atoms with Crippen molar-refractivity contribution >= 4 is 24.3 Å². The Morgan fingerprint density at radius 3 is 1.08 bits per heavy atom. The van der Waals surface area contributed by atoms with Crippen LogP contribution >= 0.6 is 0 Å². The number of rotatable bonds is 10. The molecule has 0 aromatic heterocycles. The van der Waals surface area contributed by atoms with Crippen molar-refractivity contribution in [3.63, 3.8) is 0 Å². The molecule has 8 aliphatic carbocycles. The Morgan fingerprint density at radius 2 is 0.804 bits per heavy atom. The van der Waals surface area contributed by atoms with Gasteiger partial charge in [-0.15, -0.1) is 0 Å². The first-order chi connectivity index (χ1) is 23.8. The summed E-state index contributed by atoms with van der Waals surface area (Å²) in [4.78, 5) is 0. The highest BCUT2D eigenvalue weighted by molar-refractivity contribution is 6.75. The summed E-state index contributed by atoms with van der Waals surface area (Å²) in [5, 5.41) is 0.296. The summed E-state index contributed by atoms with van der Waals surface area (Å²) in [6.07, 6.45) is 16.5. The van der Waals surface area contributed by atoms with Crippen molar-refractivity contribution in [1.29, 1.82) is 0 Å². The van der Waals surface area contributed by atoms with Gasteiger partial charge in [0.05, 0.1) is 0 Å². The van der Waals surface area contributed by atoms with E-state index in [4.69, 9.17) is 18.2 Å². The summed E-state index contributed by atoms with van der Waals surface area (Å²) in [5.41, 5.74) is 3.28. The molecule has 0 radical (unpaired) electrons. The lowest BCUT2D eigenvalue weighted by Gasteiger charge is -2.57. The molecule has 0 heterocycles. The quantitative estimate of drug-likeness (QED) is 0.228. The predicted octanol–water partition coefficient (Wildman–Crippen LogP) is 12.1. The van der Waals surface area contributed by atoms with E-state index in [9.17, 15) is 0 Å². The predicted molar refractivity (Wildman–Crippen MR) is 217 cm³/mol. The molecule has 0 saturated heterocycles. The Bertz CT molecular complexity index is 1440. The number of benzene rings is 2. The topological polar surface area (TPSA) is 36.9 Å². The van der Waals surface area contributed by atoms with Crippen LogP contribution in [-0.4, -0.2) is 24.3 Å². The van der Waals surface area contributed by atoms with Gasteiger partial charge in [-0.25, -0.2) is 0 Å². The molecule has 7 heteroatoms. The zero-order valence-electron chi connectivity index (χ0n) is 33.8. The summed E-state index contributed by atoms with van der Waals surface area (Å²) < 4.78 is 27.3. The first kappa shape index (κ1) is 36.1. The number of hydrogen-bond donors (Lipinski definition) is 0. The van der Waals surface area contributed by atoms with Crippen LogP contribution in [0.2, 0.25) is 36.3 Å².